The summed E-state index contributed by atoms with van der Waals surface area (Å²) in [5.41, 5.74) is 11.1. The Morgan fingerprint density at radius 3 is 2.38 bits per heavy atom. The normalized spacial score (nSPS) is 18.9. The van der Waals surface area contributed by atoms with Gasteiger partial charge in [0.25, 0.3) is 0 Å². The van der Waals surface area contributed by atoms with E-state index in [-0.39, 0.29) is 17.9 Å². The Hall–Kier alpha value is -4.89. The molecule has 4 atom stereocenters. The molecule has 4 aromatic carbocycles. The quantitative estimate of drug-likeness (QED) is 0.125. The highest BCUT2D eigenvalue weighted by Crippen LogP contribution is 2.40. The van der Waals surface area contributed by atoms with Crippen molar-refractivity contribution in [3.8, 4) is 22.6 Å². The molecule has 1 aliphatic carbocycles. The lowest BCUT2D eigenvalue weighted by Gasteiger charge is -2.40. The summed E-state index contributed by atoms with van der Waals surface area (Å²) in [4.78, 5) is 34.5. The molecule has 318 valence electrons. The summed E-state index contributed by atoms with van der Waals surface area (Å²) >= 11 is 12.5. The van der Waals surface area contributed by atoms with E-state index >= 15 is 0 Å². The Kier molecular flexibility index (Phi) is 13.3. The number of halogens is 2. The number of amides is 1. The average Bonchev–Trinajstić information content (AvgIpc) is 3.74. The molecule has 0 saturated heterocycles. The van der Waals surface area contributed by atoms with Gasteiger partial charge in [0.1, 0.15) is 23.6 Å². The molecule has 3 heterocycles. The van der Waals surface area contributed by atoms with Crippen molar-refractivity contribution in [2.24, 2.45) is 0 Å². The third-order valence-corrected chi connectivity index (χ3v) is 13.9. The van der Waals surface area contributed by atoms with Crippen molar-refractivity contribution in [1.29, 1.82) is 0 Å². The van der Waals surface area contributed by atoms with Crippen LogP contribution in [0.2, 0.25) is 10.0 Å². The van der Waals surface area contributed by atoms with Gasteiger partial charge in [0.05, 0.1) is 29.8 Å². The lowest BCUT2D eigenvalue weighted by molar-refractivity contribution is -0.146. The fourth-order valence-electron chi connectivity index (χ4n) is 9.50. The van der Waals surface area contributed by atoms with Gasteiger partial charge in [-0.15, -0.1) is 0 Å². The monoisotopic (exact) mass is 859 g/mol. The maximum Gasteiger partial charge on any atom is 0.328 e. The van der Waals surface area contributed by atoms with E-state index in [4.69, 9.17) is 37.4 Å². The van der Waals surface area contributed by atoms with Crippen LogP contribution in [0.4, 0.5) is 0 Å². The van der Waals surface area contributed by atoms with Gasteiger partial charge in [-0.2, -0.15) is 0 Å². The van der Waals surface area contributed by atoms with Gasteiger partial charge < -0.3 is 19.5 Å². The molecule has 0 unspecified atom stereocenters. The minimum Gasteiger partial charge on any atom is -0.493 e. The van der Waals surface area contributed by atoms with Gasteiger partial charge in [-0.1, -0.05) is 91.5 Å². The molecule has 1 N–H and O–H groups in total. The molecule has 1 saturated carbocycles. The van der Waals surface area contributed by atoms with Crippen LogP contribution >= 0.6 is 23.2 Å². The summed E-state index contributed by atoms with van der Waals surface area (Å²) in [6.45, 7) is 7.47. The third kappa shape index (κ3) is 9.62. The molecule has 0 bridgehead atoms. The summed E-state index contributed by atoms with van der Waals surface area (Å²) in [6.07, 6.45) is 9.54. The van der Waals surface area contributed by atoms with Crippen LogP contribution in [0.5, 0.6) is 11.5 Å². The second-order valence-corrected chi connectivity index (χ2v) is 17.7. The predicted octanol–water partition coefficient (Wildman–Crippen LogP) is 10.9. The maximum atomic E-state index is 14.4. The van der Waals surface area contributed by atoms with Crippen LogP contribution in [-0.2, 0) is 40.1 Å². The van der Waals surface area contributed by atoms with Crippen LogP contribution in [0.3, 0.4) is 0 Å². The summed E-state index contributed by atoms with van der Waals surface area (Å²) in [7, 11) is 1.38. The highest BCUT2D eigenvalue weighted by molar-refractivity contribution is 6.42. The van der Waals surface area contributed by atoms with E-state index in [1.165, 1.54) is 23.8 Å². The standard InChI is InChI=1S/C51H55Cl2N3O5/c1-5-48(37-16-19-44(52)45(53)27-37)61-42-17-14-34(15-18-42)36-21-23-60-49-29-38-28-47(56(41-8-6-7-9-41)30-40(38)26-39(49)25-36)50(57)55-46(51(58)59-4)24-33-10-12-35(13-11-33)43-20-22-54-32(3)31(43)2/h10-20,22,26-27,29,36,41,46-48H,5-9,21,23-25,28,30H2,1-4H3,(H,55,57)/t36-,46+,47+,48-/m1/s1. The minimum absolute atomic E-state index is 0.135. The molecule has 5 aromatic rings. The van der Waals surface area contributed by atoms with Crippen molar-refractivity contribution in [2.45, 2.75) is 115 Å². The number of nitrogens with zero attached hydrogens (tertiary/aromatic N) is 2. The summed E-state index contributed by atoms with van der Waals surface area (Å²) in [5.74, 6) is 1.40. The number of hydrogen-bond donors (Lipinski definition) is 1. The molecule has 3 aliphatic rings. The predicted molar refractivity (Wildman–Crippen MR) is 242 cm³/mol. The number of esters is 1. The zero-order valence-electron chi connectivity index (χ0n) is 35.5. The lowest BCUT2D eigenvalue weighted by atomic mass is 9.86. The van der Waals surface area contributed by atoms with E-state index in [0.717, 1.165) is 95.5 Å². The summed E-state index contributed by atoms with van der Waals surface area (Å²) in [6, 6.07) is 27.9. The first-order valence-electron chi connectivity index (χ1n) is 21.7. The molecule has 10 heteroatoms. The first-order valence-corrected chi connectivity index (χ1v) is 22.5. The second-order valence-electron chi connectivity index (χ2n) is 16.9. The molecule has 61 heavy (non-hydrogen) atoms. The minimum atomic E-state index is -0.816. The number of aryl methyl sites for hydroxylation is 1. The van der Waals surface area contributed by atoms with Gasteiger partial charge in [-0.05, 0) is 145 Å². The molecule has 2 aliphatic heterocycles. The summed E-state index contributed by atoms with van der Waals surface area (Å²) in [5, 5.41) is 4.20. The van der Waals surface area contributed by atoms with E-state index < -0.39 is 18.1 Å². The number of aromatic nitrogens is 1. The Bertz CT molecular complexity index is 2360. The van der Waals surface area contributed by atoms with Crippen molar-refractivity contribution >= 4 is 35.1 Å². The van der Waals surface area contributed by atoms with Crippen LogP contribution in [0.15, 0.2) is 91.1 Å². The Labute approximate surface area is 369 Å². The van der Waals surface area contributed by atoms with Gasteiger partial charge in [0.2, 0.25) is 5.91 Å². The van der Waals surface area contributed by atoms with Crippen molar-refractivity contribution in [3.05, 3.63) is 146 Å². The van der Waals surface area contributed by atoms with Crippen LogP contribution in [0.1, 0.15) is 102 Å². The molecule has 8 nitrogen and oxygen atoms in total. The molecular weight excluding hydrogens is 805 g/mol. The first-order chi connectivity index (χ1) is 29.6. The van der Waals surface area contributed by atoms with Crippen LogP contribution in [0.25, 0.3) is 11.1 Å². The Morgan fingerprint density at radius 1 is 0.885 bits per heavy atom. The maximum absolute atomic E-state index is 14.4. The van der Waals surface area contributed by atoms with Gasteiger partial charge >= 0.3 is 5.97 Å². The van der Waals surface area contributed by atoms with E-state index in [9.17, 15) is 9.59 Å². The molecular formula is C51H55Cl2N3O5. The number of ether oxygens (including phenoxy) is 3. The lowest BCUT2D eigenvalue weighted by Crippen LogP contribution is -2.56. The molecule has 8 rings (SSSR count). The topological polar surface area (TPSA) is 90.0 Å². The number of nitrogens with one attached hydrogen (secondary N) is 1. The number of carbonyl (C=O) groups excluding carboxylic acids is 2. The number of fused-ring (bicyclic) bond motifs is 2. The van der Waals surface area contributed by atoms with E-state index in [1.807, 2.05) is 49.5 Å². The Balaban J connectivity index is 0.972. The number of benzene rings is 4. The molecule has 1 amide bonds. The zero-order valence-corrected chi connectivity index (χ0v) is 37.0. The van der Waals surface area contributed by atoms with Crippen LogP contribution < -0.4 is 14.8 Å². The first kappa shape index (κ1) is 42.8. The SMILES string of the molecule is CC[C@@H](Oc1ccc([C@@H]2CCOc3cc4c(cc3C2)CN(C2CCCC2)[C@H](C(=O)N[C@@H](Cc2ccc(-c3ccnc(C)c3C)cc2)C(=O)OC)C4)cc1)c1ccc(Cl)c(Cl)c1. The van der Waals surface area contributed by atoms with Crippen molar-refractivity contribution in [2.75, 3.05) is 13.7 Å². The van der Waals surface area contributed by atoms with Crippen LogP contribution in [0, 0.1) is 13.8 Å². The third-order valence-electron chi connectivity index (χ3n) is 13.1. The highest BCUT2D eigenvalue weighted by Gasteiger charge is 2.39. The smallest absolute Gasteiger partial charge is 0.328 e. The fraction of sp³-hybridized carbons (Fsp3) is 0.392. The molecule has 1 aromatic heterocycles. The molecule has 1 fully saturated rings. The molecule has 0 radical (unpaired) electrons. The summed E-state index contributed by atoms with van der Waals surface area (Å²) < 4.78 is 18.1. The van der Waals surface area contributed by atoms with Crippen molar-refractivity contribution in [1.82, 2.24) is 15.2 Å². The molecule has 0 spiro atoms. The van der Waals surface area contributed by atoms with Gasteiger partial charge in [-0.3, -0.25) is 14.7 Å². The van der Waals surface area contributed by atoms with Gasteiger partial charge in [0.15, 0.2) is 0 Å². The van der Waals surface area contributed by atoms with Crippen LogP contribution in [-0.4, -0.2) is 53.6 Å². The zero-order chi connectivity index (χ0) is 42.6. The number of hydrogen-bond acceptors (Lipinski definition) is 7. The Morgan fingerprint density at radius 2 is 1.66 bits per heavy atom. The second kappa shape index (κ2) is 19.0. The fourth-order valence-corrected chi connectivity index (χ4v) is 9.81. The van der Waals surface area contributed by atoms with Gasteiger partial charge in [0, 0.05) is 30.9 Å². The average molecular weight is 861 g/mol. The van der Waals surface area contributed by atoms with Crippen molar-refractivity contribution in [3.63, 3.8) is 0 Å². The number of methoxy groups -OCH3 is 1. The number of carbonyl (C=O) groups is 2. The number of pyridine rings is 1. The van der Waals surface area contributed by atoms with Crippen molar-refractivity contribution < 1.29 is 23.8 Å². The van der Waals surface area contributed by atoms with Gasteiger partial charge in [-0.25, -0.2) is 4.79 Å². The van der Waals surface area contributed by atoms with E-state index in [2.05, 4.69) is 77.6 Å². The van der Waals surface area contributed by atoms with E-state index in [1.54, 1.807) is 0 Å². The largest absolute Gasteiger partial charge is 0.493 e. The van der Waals surface area contributed by atoms with E-state index in [0.29, 0.717) is 42.1 Å². The highest BCUT2D eigenvalue weighted by atomic mass is 35.5. The number of rotatable bonds is 12.